The molecule has 1 saturated heterocycles. The molecule has 0 radical (unpaired) electrons. The summed E-state index contributed by atoms with van der Waals surface area (Å²) in [6, 6.07) is 10.4. The first-order chi connectivity index (χ1) is 18.9. The number of unbranched alkanes of at least 4 members (excludes halogenated alkanes) is 14. The van der Waals surface area contributed by atoms with Gasteiger partial charge in [0.2, 0.25) is 0 Å². The van der Waals surface area contributed by atoms with Crippen LogP contribution in [0.2, 0.25) is 0 Å². The molecule has 38 heavy (non-hydrogen) atoms. The maximum absolute atomic E-state index is 6.18. The highest BCUT2D eigenvalue weighted by Crippen LogP contribution is 2.13. The van der Waals surface area contributed by atoms with Crippen molar-refractivity contribution in [3.63, 3.8) is 0 Å². The van der Waals surface area contributed by atoms with Crippen LogP contribution in [0.1, 0.15) is 128 Å². The monoisotopic (exact) mass is 531 g/mol. The molecule has 4 heteroatoms. The van der Waals surface area contributed by atoms with Gasteiger partial charge in [-0.25, -0.2) is 0 Å². The first-order valence-corrected chi connectivity index (χ1v) is 16.4. The van der Waals surface area contributed by atoms with Gasteiger partial charge in [-0.2, -0.15) is 0 Å². The second-order valence-electron chi connectivity index (χ2n) is 11.4. The summed E-state index contributed by atoms with van der Waals surface area (Å²) in [5.41, 5.74) is 1.20. The number of benzene rings is 1. The van der Waals surface area contributed by atoms with Crippen molar-refractivity contribution in [3.05, 3.63) is 35.9 Å². The lowest BCUT2D eigenvalue weighted by Crippen LogP contribution is -2.26. The average molecular weight is 532 g/mol. The molecule has 0 amide bonds. The Morgan fingerprint density at radius 1 is 0.632 bits per heavy atom. The number of ether oxygens (including phenoxy) is 3. The highest BCUT2D eigenvalue weighted by Gasteiger charge is 2.12. The Labute approximate surface area is 236 Å². The van der Waals surface area contributed by atoms with E-state index in [4.69, 9.17) is 14.2 Å². The van der Waals surface area contributed by atoms with E-state index in [1.807, 2.05) is 6.07 Å². The lowest BCUT2D eigenvalue weighted by atomic mass is 10.0. The van der Waals surface area contributed by atoms with E-state index in [0.29, 0.717) is 19.8 Å². The molecule has 0 spiro atoms. The van der Waals surface area contributed by atoms with Gasteiger partial charge in [-0.15, -0.1) is 0 Å². The molecule has 0 saturated carbocycles. The minimum absolute atomic E-state index is 0.000401. The average Bonchev–Trinajstić information content (AvgIpc) is 3.47. The zero-order chi connectivity index (χ0) is 26.8. The predicted octanol–water partition coefficient (Wildman–Crippen LogP) is 8.96. The van der Waals surface area contributed by atoms with E-state index in [-0.39, 0.29) is 6.10 Å². The quantitative estimate of drug-likeness (QED) is 0.106. The fraction of sp³-hybridized carbons (Fsp3) is 0.824. The molecule has 1 fully saturated rings. The third-order valence-electron chi connectivity index (χ3n) is 7.79. The van der Waals surface area contributed by atoms with E-state index >= 15 is 0 Å². The molecule has 4 nitrogen and oxygen atoms in total. The number of hydrogen-bond donors (Lipinski definition) is 0. The summed E-state index contributed by atoms with van der Waals surface area (Å²) in [5.74, 6) is 0. The second-order valence-corrected chi connectivity index (χ2v) is 11.4. The number of rotatable bonds is 27. The third kappa shape index (κ3) is 19.2. The van der Waals surface area contributed by atoms with E-state index < -0.39 is 0 Å². The van der Waals surface area contributed by atoms with Crippen LogP contribution in [0.4, 0.5) is 0 Å². The highest BCUT2D eigenvalue weighted by molar-refractivity contribution is 5.13. The van der Waals surface area contributed by atoms with Crippen LogP contribution in [0.3, 0.4) is 0 Å². The molecule has 0 aliphatic carbocycles. The number of likely N-dealkylation sites (tertiary alicyclic amines) is 1. The zero-order valence-electron chi connectivity index (χ0n) is 25.0. The molecule has 1 heterocycles. The summed E-state index contributed by atoms with van der Waals surface area (Å²) in [7, 11) is 0. The van der Waals surface area contributed by atoms with Crippen molar-refractivity contribution in [2.45, 2.75) is 135 Å². The maximum atomic E-state index is 6.18. The Morgan fingerprint density at radius 3 is 1.68 bits per heavy atom. The van der Waals surface area contributed by atoms with Gasteiger partial charge < -0.3 is 19.1 Å². The van der Waals surface area contributed by atoms with Gasteiger partial charge in [-0.1, -0.05) is 121 Å². The van der Waals surface area contributed by atoms with Crippen LogP contribution in [-0.4, -0.2) is 57.1 Å². The van der Waals surface area contributed by atoms with Crippen LogP contribution in [0.15, 0.2) is 30.3 Å². The fourth-order valence-corrected chi connectivity index (χ4v) is 5.31. The molecule has 1 unspecified atom stereocenters. The van der Waals surface area contributed by atoms with E-state index in [1.54, 1.807) is 0 Å². The van der Waals surface area contributed by atoms with Crippen LogP contribution in [0, 0.1) is 0 Å². The Balaban J connectivity index is 1.44. The summed E-state index contributed by atoms with van der Waals surface area (Å²) in [6.07, 6.45) is 24.5. The number of nitrogens with zero attached hydrogens (tertiary/aromatic N) is 1. The molecule has 220 valence electrons. The maximum Gasteiger partial charge on any atom is 0.105 e. The Hall–Kier alpha value is -0.940. The van der Waals surface area contributed by atoms with Crippen LogP contribution >= 0.6 is 0 Å². The van der Waals surface area contributed by atoms with Gasteiger partial charge in [0, 0.05) is 13.2 Å². The van der Waals surface area contributed by atoms with E-state index in [2.05, 4.69) is 36.1 Å². The van der Waals surface area contributed by atoms with Crippen molar-refractivity contribution in [3.8, 4) is 0 Å². The van der Waals surface area contributed by atoms with Crippen molar-refractivity contribution < 1.29 is 14.2 Å². The molecular weight excluding hydrogens is 470 g/mol. The molecule has 2 rings (SSSR count). The standard InChI is InChI=1S/C34H61NO3/c1-2-3-4-5-6-7-8-9-10-11-12-13-14-21-28-36-31-34(38-30-33-23-16-15-17-24-33)32-37-29-22-20-27-35-25-18-19-26-35/h15-17,23-24,34H,2-14,18-22,25-32H2,1H3. The van der Waals surface area contributed by atoms with Gasteiger partial charge >= 0.3 is 0 Å². The molecule has 0 N–H and O–H groups in total. The Morgan fingerprint density at radius 2 is 1.13 bits per heavy atom. The topological polar surface area (TPSA) is 30.9 Å². The lowest BCUT2D eigenvalue weighted by molar-refractivity contribution is -0.0674. The molecule has 1 atom stereocenters. The Kier molecular flexibility index (Phi) is 21.9. The van der Waals surface area contributed by atoms with Gasteiger partial charge in [0.15, 0.2) is 0 Å². The first kappa shape index (κ1) is 33.3. The third-order valence-corrected chi connectivity index (χ3v) is 7.79. The highest BCUT2D eigenvalue weighted by atomic mass is 16.6. The van der Waals surface area contributed by atoms with Gasteiger partial charge in [0.05, 0.1) is 19.8 Å². The summed E-state index contributed by atoms with van der Waals surface area (Å²) in [4.78, 5) is 2.58. The van der Waals surface area contributed by atoms with Gasteiger partial charge in [0.25, 0.3) is 0 Å². The molecule has 1 aliphatic heterocycles. The normalized spacial score (nSPS) is 14.9. The fourth-order valence-electron chi connectivity index (χ4n) is 5.31. The number of hydrogen-bond acceptors (Lipinski definition) is 4. The predicted molar refractivity (Wildman–Crippen MR) is 162 cm³/mol. The molecule has 1 aromatic carbocycles. The van der Waals surface area contributed by atoms with Crippen LogP contribution in [0.25, 0.3) is 0 Å². The summed E-state index contributed by atoms with van der Waals surface area (Å²) < 4.78 is 18.2. The molecular formula is C34H61NO3. The summed E-state index contributed by atoms with van der Waals surface area (Å²) in [6.45, 7) is 9.60. The van der Waals surface area contributed by atoms with Crippen molar-refractivity contribution in [1.82, 2.24) is 4.90 Å². The minimum Gasteiger partial charge on any atom is -0.379 e. The van der Waals surface area contributed by atoms with E-state index in [0.717, 1.165) is 26.1 Å². The first-order valence-electron chi connectivity index (χ1n) is 16.4. The van der Waals surface area contributed by atoms with Crippen LogP contribution in [0.5, 0.6) is 0 Å². The van der Waals surface area contributed by atoms with Gasteiger partial charge in [0.1, 0.15) is 6.10 Å². The van der Waals surface area contributed by atoms with Crippen molar-refractivity contribution >= 4 is 0 Å². The van der Waals surface area contributed by atoms with Crippen LogP contribution in [-0.2, 0) is 20.8 Å². The van der Waals surface area contributed by atoms with E-state index in [9.17, 15) is 0 Å². The molecule has 1 aromatic rings. The largest absolute Gasteiger partial charge is 0.379 e. The van der Waals surface area contributed by atoms with Crippen molar-refractivity contribution in [2.75, 3.05) is 46.1 Å². The molecule has 0 bridgehead atoms. The summed E-state index contributed by atoms with van der Waals surface area (Å²) >= 11 is 0. The van der Waals surface area contributed by atoms with Gasteiger partial charge in [-0.3, -0.25) is 0 Å². The zero-order valence-corrected chi connectivity index (χ0v) is 25.0. The lowest BCUT2D eigenvalue weighted by Gasteiger charge is -2.19. The molecule has 1 aliphatic rings. The van der Waals surface area contributed by atoms with Crippen molar-refractivity contribution in [2.24, 2.45) is 0 Å². The summed E-state index contributed by atoms with van der Waals surface area (Å²) in [5, 5.41) is 0. The Bertz CT molecular complexity index is 605. The van der Waals surface area contributed by atoms with Crippen LogP contribution < -0.4 is 0 Å². The van der Waals surface area contributed by atoms with Gasteiger partial charge in [-0.05, 0) is 57.3 Å². The second kappa shape index (κ2) is 25.1. The SMILES string of the molecule is CCCCCCCCCCCCCCCCOCC(COCCCCN1CCCC1)OCc1ccccc1. The minimum atomic E-state index is 0.000401. The van der Waals surface area contributed by atoms with Crippen molar-refractivity contribution in [1.29, 1.82) is 0 Å². The van der Waals surface area contributed by atoms with E-state index in [1.165, 1.54) is 128 Å². The molecule has 0 aromatic heterocycles. The smallest absolute Gasteiger partial charge is 0.105 e.